The van der Waals surface area contributed by atoms with Crippen LogP contribution in [0.5, 0.6) is 11.5 Å². The molecule has 1 saturated heterocycles. The summed E-state index contributed by atoms with van der Waals surface area (Å²) in [6.07, 6.45) is -0.877. The first-order valence-electron chi connectivity index (χ1n) is 14.4. The zero-order valence-electron chi connectivity index (χ0n) is 25.6. The fourth-order valence-corrected chi connectivity index (χ4v) is 5.05. The van der Waals surface area contributed by atoms with Crippen LogP contribution in [-0.2, 0) is 35.0 Å². The van der Waals surface area contributed by atoms with Crippen molar-refractivity contribution < 1.29 is 47.7 Å². The number of carbonyl (C=O) groups excluding carboxylic acids is 5. The lowest BCUT2D eigenvalue weighted by atomic mass is 9.91. The van der Waals surface area contributed by atoms with Crippen LogP contribution in [0.15, 0.2) is 71.3 Å². The minimum atomic E-state index is -1.49. The van der Waals surface area contributed by atoms with Crippen LogP contribution in [0.2, 0.25) is 0 Å². The van der Waals surface area contributed by atoms with Gasteiger partial charge in [-0.3, -0.25) is 14.4 Å². The summed E-state index contributed by atoms with van der Waals surface area (Å²) in [5, 5.41) is 2.46. The van der Waals surface area contributed by atoms with Gasteiger partial charge in [0.1, 0.15) is 18.6 Å². The molecule has 0 radical (unpaired) electrons. The summed E-state index contributed by atoms with van der Waals surface area (Å²) in [7, 11) is 1.32. The molecule has 1 aromatic heterocycles. The molecule has 2 aromatic carbocycles. The molecule has 3 aromatic rings. The van der Waals surface area contributed by atoms with Gasteiger partial charge >= 0.3 is 23.9 Å². The topological polar surface area (TPSA) is 156 Å². The predicted molar refractivity (Wildman–Crippen MR) is 166 cm³/mol. The number of esters is 4. The second-order valence-corrected chi connectivity index (χ2v) is 11.6. The maximum Gasteiger partial charge on any atom is 0.344 e. The number of benzene rings is 2. The summed E-state index contributed by atoms with van der Waals surface area (Å²) in [6.45, 7) is 4.18. The average Bonchev–Trinajstić information content (AvgIpc) is 3.07. The highest BCUT2D eigenvalue weighted by Gasteiger charge is 2.42. The van der Waals surface area contributed by atoms with Crippen molar-refractivity contribution in [3.8, 4) is 11.5 Å². The molecule has 46 heavy (non-hydrogen) atoms. The number of carbonyl (C=O) groups is 5. The van der Waals surface area contributed by atoms with Crippen molar-refractivity contribution in [2.75, 3.05) is 13.7 Å². The van der Waals surface area contributed by atoms with Crippen molar-refractivity contribution in [2.45, 2.75) is 45.4 Å². The van der Waals surface area contributed by atoms with Crippen LogP contribution in [0.4, 0.5) is 0 Å². The molecule has 0 bridgehead atoms. The van der Waals surface area contributed by atoms with E-state index >= 15 is 0 Å². The van der Waals surface area contributed by atoms with Crippen molar-refractivity contribution >= 4 is 45.7 Å². The van der Waals surface area contributed by atoms with E-state index in [-0.39, 0.29) is 29.2 Å². The van der Waals surface area contributed by atoms with Crippen LogP contribution < -0.4 is 14.8 Å². The number of hydrogen-bond donors (Lipinski definition) is 1. The summed E-state index contributed by atoms with van der Waals surface area (Å²) in [4.78, 5) is 70.0. The smallest absolute Gasteiger partial charge is 0.344 e. The number of halogens is 1. The van der Waals surface area contributed by atoms with Crippen LogP contribution in [0.1, 0.15) is 47.2 Å². The summed E-state index contributed by atoms with van der Waals surface area (Å²) in [5.41, 5.74) is 0.571. The molecular weight excluding hydrogens is 664 g/mol. The summed E-state index contributed by atoms with van der Waals surface area (Å²) < 4.78 is 28.2. The first-order valence-corrected chi connectivity index (χ1v) is 15.2. The second kappa shape index (κ2) is 15.5. The lowest BCUT2D eigenvalue weighted by molar-refractivity contribution is -0.176. The highest BCUT2D eigenvalue weighted by Crippen LogP contribution is 2.31. The largest absolute Gasteiger partial charge is 0.493 e. The highest BCUT2D eigenvalue weighted by atomic mass is 79.9. The molecule has 1 N–H and O–H groups in total. The molecule has 1 aliphatic heterocycles. The minimum Gasteiger partial charge on any atom is -0.493 e. The van der Waals surface area contributed by atoms with E-state index in [2.05, 4.69) is 26.2 Å². The van der Waals surface area contributed by atoms with Crippen LogP contribution >= 0.6 is 15.9 Å². The fourth-order valence-electron chi connectivity index (χ4n) is 4.60. The first kappa shape index (κ1) is 34.1. The number of amides is 1. The molecule has 4 rings (SSSR count). The van der Waals surface area contributed by atoms with E-state index in [0.717, 1.165) is 5.56 Å². The Morgan fingerprint density at radius 2 is 1.72 bits per heavy atom. The van der Waals surface area contributed by atoms with Crippen LogP contribution in [-0.4, -0.2) is 66.7 Å². The standard InChI is InChI=1S/C33H33BrN2O10/c1-18(2)30(38)45-27-19(3)44-33(41)24(17-43-31(39)22(27)16-20-10-6-5-7-11-20)36-29(37)26-28(25(42-4)14-15-35-26)46-32(40)21-12-8-9-13-23(21)34/h5-15,18-19,22,24,27H,16-17H2,1-4H3,(H,36,37)/t19-,22+,24?,27?/m0/s1. The Labute approximate surface area is 273 Å². The van der Waals surface area contributed by atoms with Gasteiger partial charge in [0.25, 0.3) is 5.91 Å². The number of methoxy groups -OCH3 is 1. The van der Waals surface area contributed by atoms with Crippen LogP contribution in [0.3, 0.4) is 0 Å². The number of ether oxygens (including phenoxy) is 5. The van der Waals surface area contributed by atoms with Gasteiger partial charge in [0.15, 0.2) is 23.6 Å². The zero-order chi connectivity index (χ0) is 33.4. The molecule has 2 unspecified atom stereocenters. The highest BCUT2D eigenvalue weighted by molar-refractivity contribution is 9.10. The summed E-state index contributed by atoms with van der Waals surface area (Å²) in [6, 6.07) is 15.5. The predicted octanol–water partition coefficient (Wildman–Crippen LogP) is 4.09. The van der Waals surface area contributed by atoms with Gasteiger partial charge < -0.3 is 29.0 Å². The van der Waals surface area contributed by atoms with Gasteiger partial charge in [0.2, 0.25) is 5.75 Å². The van der Waals surface area contributed by atoms with Gasteiger partial charge in [-0.25, -0.2) is 14.6 Å². The lowest BCUT2D eigenvalue weighted by Crippen LogP contribution is -2.47. The Morgan fingerprint density at radius 1 is 1.02 bits per heavy atom. The van der Waals surface area contributed by atoms with Crippen LogP contribution in [0.25, 0.3) is 0 Å². The molecule has 242 valence electrons. The molecule has 1 amide bonds. The molecule has 12 nitrogen and oxygen atoms in total. The van der Waals surface area contributed by atoms with E-state index in [1.165, 1.54) is 32.4 Å². The SMILES string of the molecule is COc1ccnc(C(=O)NC2COC(=O)[C@H](Cc3ccccc3)C(OC(=O)C(C)C)[C@H](C)OC2=O)c1OC(=O)c1ccccc1Br. The molecule has 4 atom stereocenters. The normalized spacial score (nSPS) is 19.9. The Hall–Kier alpha value is -4.78. The van der Waals surface area contributed by atoms with Crippen molar-refractivity contribution in [1.82, 2.24) is 10.3 Å². The molecule has 13 heteroatoms. The van der Waals surface area contributed by atoms with Gasteiger partial charge in [0.05, 0.1) is 18.6 Å². The van der Waals surface area contributed by atoms with Gasteiger partial charge in [-0.05, 0) is 47.0 Å². The van der Waals surface area contributed by atoms with E-state index in [0.29, 0.717) is 4.47 Å². The Balaban J connectivity index is 1.60. The van der Waals surface area contributed by atoms with E-state index < -0.39 is 66.5 Å². The van der Waals surface area contributed by atoms with Crippen LogP contribution in [0, 0.1) is 11.8 Å². The van der Waals surface area contributed by atoms with E-state index in [4.69, 9.17) is 23.7 Å². The van der Waals surface area contributed by atoms with Crippen molar-refractivity contribution in [1.29, 1.82) is 0 Å². The van der Waals surface area contributed by atoms with E-state index in [1.54, 1.807) is 44.2 Å². The Kier molecular flexibility index (Phi) is 11.5. The third-order valence-corrected chi connectivity index (χ3v) is 7.75. The number of nitrogens with one attached hydrogen (secondary N) is 1. The lowest BCUT2D eigenvalue weighted by Gasteiger charge is -2.29. The molecule has 1 fully saturated rings. The quantitative estimate of drug-likeness (QED) is 0.254. The average molecular weight is 698 g/mol. The number of nitrogens with zero attached hydrogens (tertiary/aromatic N) is 1. The third kappa shape index (κ3) is 8.27. The molecule has 0 saturated carbocycles. The summed E-state index contributed by atoms with van der Waals surface area (Å²) >= 11 is 3.29. The summed E-state index contributed by atoms with van der Waals surface area (Å²) in [5.74, 6) is -5.84. The van der Waals surface area contributed by atoms with Crippen molar-refractivity contribution in [3.05, 3.63) is 88.2 Å². The van der Waals surface area contributed by atoms with Gasteiger partial charge in [-0.1, -0.05) is 56.3 Å². The maximum absolute atomic E-state index is 13.5. The zero-order valence-corrected chi connectivity index (χ0v) is 27.1. The number of cyclic esters (lactones) is 2. The number of rotatable bonds is 9. The molecule has 1 aliphatic rings. The second-order valence-electron chi connectivity index (χ2n) is 10.7. The number of hydrogen-bond acceptors (Lipinski definition) is 11. The first-order chi connectivity index (χ1) is 22.0. The van der Waals surface area contributed by atoms with E-state index in [9.17, 15) is 24.0 Å². The van der Waals surface area contributed by atoms with Gasteiger partial charge in [-0.2, -0.15) is 0 Å². The molecule has 0 spiro atoms. The molecule has 2 heterocycles. The minimum absolute atomic E-state index is 0.0243. The van der Waals surface area contributed by atoms with E-state index in [1.807, 2.05) is 18.2 Å². The molecular formula is C33H33BrN2O10. The van der Waals surface area contributed by atoms with Crippen molar-refractivity contribution in [3.63, 3.8) is 0 Å². The maximum atomic E-state index is 13.5. The number of aromatic nitrogens is 1. The fraction of sp³-hybridized carbons (Fsp3) is 0.333. The third-order valence-electron chi connectivity index (χ3n) is 7.06. The van der Waals surface area contributed by atoms with Gasteiger partial charge in [-0.15, -0.1) is 0 Å². The Morgan fingerprint density at radius 3 is 2.39 bits per heavy atom. The van der Waals surface area contributed by atoms with Gasteiger partial charge in [0, 0.05) is 16.7 Å². The Bertz CT molecular complexity index is 1600. The molecule has 0 aliphatic carbocycles. The monoisotopic (exact) mass is 696 g/mol. The number of pyridine rings is 1. The van der Waals surface area contributed by atoms with Crippen molar-refractivity contribution in [2.24, 2.45) is 11.8 Å².